The lowest BCUT2D eigenvalue weighted by Gasteiger charge is -2.27. The topological polar surface area (TPSA) is 78.6 Å². The maximum atomic E-state index is 10.2. The normalized spacial score (nSPS) is 14.8. The number of aliphatic hydroxyl groups is 1. The van der Waals surface area contributed by atoms with E-state index < -0.39 is 5.60 Å². The van der Waals surface area contributed by atoms with Crippen LogP contribution in [0.25, 0.3) is 5.78 Å². The summed E-state index contributed by atoms with van der Waals surface area (Å²) in [5, 5.41) is 17.7. The molecule has 2 aromatic heterocycles. The van der Waals surface area contributed by atoms with Gasteiger partial charge in [0, 0.05) is 19.2 Å². The maximum Gasteiger partial charge on any atom is 0.255 e. The lowest BCUT2D eigenvalue weighted by atomic mass is 10.1. The lowest BCUT2D eigenvalue weighted by Crippen LogP contribution is -2.43. The molecule has 0 aliphatic heterocycles. The van der Waals surface area contributed by atoms with Crippen molar-refractivity contribution in [3.63, 3.8) is 0 Å². The largest absolute Gasteiger partial charge is 0.387 e. The van der Waals surface area contributed by atoms with E-state index in [4.69, 9.17) is 11.6 Å². The van der Waals surface area contributed by atoms with Crippen LogP contribution >= 0.6 is 11.6 Å². The van der Waals surface area contributed by atoms with Crippen LogP contribution < -0.4 is 5.32 Å². The van der Waals surface area contributed by atoms with Crippen molar-refractivity contribution in [2.24, 2.45) is 0 Å². The second kappa shape index (κ2) is 5.28. The van der Waals surface area contributed by atoms with E-state index in [1.54, 1.807) is 13.0 Å². The molecule has 1 unspecified atom stereocenters. The van der Waals surface area contributed by atoms with Gasteiger partial charge in [0.25, 0.3) is 5.78 Å². The summed E-state index contributed by atoms with van der Waals surface area (Å²) in [6, 6.07) is 1.65. The Morgan fingerprint density at radius 3 is 2.95 bits per heavy atom. The zero-order valence-electron chi connectivity index (χ0n) is 11.1. The molecule has 2 N–H and O–H groups in total. The fourth-order valence-corrected chi connectivity index (χ4v) is 2.11. The molecule has 0 aliphatic carbocycles. The molecule has 0 aromatic carbocycles. The first-order chi connectivity index (χ1) is 8.87. The van der Waals surface area contributed by atoms with Gasteiger partial charge in [-0.1, -0.05) is 11.6 Å². The first-order valence-electron chi connectivity index (χ1n) is 5.85. The first kappa shape index (κ1) is 14.0. The van der Waals surface area contributed by atoms with Crippen LogP contribution in [0.15, 0.2) is 12.4 Å². The van der Waals surface area contributed by atoms with Crippen LogP contribution in [-0.4, -0.2) is 62.4 Å². The number of anilines is 1. The Morgan fingerprint density at radius 1 is 1.53 bits per heavy atom. The third-order valence-electron chi connectivity index (χ3n) is 2.53. The Balaban J connectivity index is 2.15. The molecule has 2 rings (SSSR count). The molecule has 104 valence electrons. The summed E-state index contributed by atoms with van der Waals surface area (Å²) in [6.07, 6.45) is 1.40. The van der Waals surface area contributed by atoms with E-state index in [0.29, 0.717) is 29.8 Å². The molecule has 8 heteroatoms. The van der Waals surface area contributed by atoms with E-state index in [1.807, 2.05) is 19.0 Å². The van der Waals surface area contributed by atoms with Crippen LogP contribution in [0.4, 0.5) is 5.82 Å². The Labute approximate surface area is 116 Å². The van der Waals surface area contributed by atoms with Gasteiger partial charge in [0.15, 0.2) is 0 Å². The molecule has 0 bridgehead atoms. The number of likely N-dealkylation sites (N-methyl/N-ethyl adjacent to an activating group) is 1. The number of nitrogens with zero attached hydrogens (tertiary/aromatic N) is 5. The van der Waals surface area contributed by atoms with Gasteiger partial charge in [-0.15, -0.1) is 0 Å². The Morgan fingerprint density at radius 2 is 2.26 bits per heavy atom. The smallest absolute Gasteiger partial charge is 0.255 e. The van der Waals surface area contributed by atoms with Crippen molar-refractivity contribution in [3.8, 4) is 0 Å². The molecule has 0 spiro atoms. The molecule has 0 fully saturated rings. The van der Waals surface area contributed by atoms with Gasteiger partial charge in [-0.2, -0.15) is 19.6 Å². The average Bonchev–Trinajstić information content (AvgIpc) is 2.71. The highest BCUT2D eigenvalue weighted by atomic mass is 35.5. The van der Waals surface area contributed by atoms with E-state index in [0.717, 1.165) is 0 Å². The predicted molar refractivity (Wildman–Crippen MR) is 73.5 cm³/mol. The highest BCUT2D eigenvalue weighted by Crippen LogP contribution is 2.15. The van der Waals surface area contributed by atoms with E-state index >= 15 is 0 Å². The highest BCUT2D eigenvalue weighted by Gasteiger charge is 2.21. The van der Waals surface area contributed by atoms with Gasteiger partial charge in [-0.05, 0) is 21.0 Å². The third kappa shape index (κ3) is 3.52. The van der Waals surface area contributed by atoms with Gasteiger partial charge in [0.05, 0.1) is 5.60 Å². The van der Waals surface area contributed by atoms with Gasteiger partial charge in [-0.25, -0.2) is 0 Å². The van der Waals surface area contributed by atoms with E-state index in [1.165, 1.54) is 10.8 Å². The molecule has 0 aliphatic rings. The second-order valence-electron chi connectivity index (χ2n) is 5.02. The van der Waals surface area contributed by atoms with Crippen molar-refractivity contribution < 1.29 is 5.11 Å². The second-order valence-corrected chi connectivity index (χ2v) is 5.41. The predicted octanol–water partition coefficient (Wildman–Crippen LogP) is 0.502. The number of nitrogens with one attached hydrogen (secondary N) is 1. The number of fused-ring (bicyclic) bond motifs is 1. The highest BCUT2D eigenvalue weighted by molar-refractivity contribution is 6.29. The molecule has 0 saturated carbocycles. The van der Waals surface area contributed by atoms with Gasteiger partial charge in [0.2, 0.25) is 0 Å². The number of hydrogen-bond donors (Lipinski definition) is 2. The van der Waals surface area contributed by atoms with Gasteiger partial charge < -0.3 is 15.3 Å². The molecule has 0 radical (unpaired) electrons. The Kier molecular flexibility index (Phi) is 3.88. The summed E-state index contributed by atoms with van der Waals surface area (Å²) in [4.78, 5) is 9.93. The molecule has 0 saturated heterocycles. The lowest BCUT2D eigenvalue weighted by molar-refractivity contribution is 0.0459. The van der Waals surface area contributed by atoms with Crippen molar-refractivity contribution in [3.05, 3.63) is 17.5 Å². The van der Waals surface area contributed by atoms with Crippen molar-refractivity contribution in [1.82, 2.24) is 24.5 Å². The Bertz CT molecular complexity index is 567. The average molecular weight is 285 g/mol. The van der Waals surface area contributed by atoms with E-state index in [2.05, 4.69) is 20.4 Å². The van der Waals surface area contributed by atoms with Crippen LogP contribution in [0.3, 0.4) is 0 Å². The zero-order chi connectivity index (χ0) is 14.0. The molecular weight excluding hydrogens is 268 g/mol. The standard InChI is InChI=1S/C11H17ClN6O/c1-11(19,6-17(2)3)5-13-9-4-8(12)16-10-14-7-15-18(9)10/h4,7,13,19H,5-6H2,1-3H3. The van der Waals surface area contributed by atoms with Crippen molar-refractivity contribution in [1.29, 1.82) is 0 Å². The van der Waals surface area contributed by atoms with Gasteiger partial charge in [0.1, 0.15) is 17.3 Å². The van der Waals surface area contributed by atoms with E-state index in [9.17, 15) is 5.11 Å². The zero-order valence-corrected chi connectivity index (χ0v) is 11.9. The van der Waals surface area contributed by atoms with Crippen molar-refractivity contribution in [2.45, 2.75) is 12.5 Å². The minimum absolute atomic E-state index is 0.329. The number of rotatable bonds is 5. The first-order valence-corrected chi connectivity index (χ1v) is 6.22. The van der Waals surface area contributed by atoms with Crippen LogP contribution in [-0.2, 0) is 0 Å². The fraction of sp³-hybridized carbons (Fsp3) is 0.545. The molecule has 2 heterocycles. The molecule has 7 nitrogen and oxygen atoms in total. The molecule has 1 atom stereocenters. The van der Waals surface area contributed by atoms with Crippen molar-refractivity contribution in [2.75, 3.05) is 32.5 Å². The quantitative estimate of drug-likeness (QED) is 0.779. The van der Waals surface area contributed by atoms with Crippen LogP contribution in [0.2, 0.25) is 5.15 Å². The van der Waals surface area contributed by atoms with Crippen molar-refractivity contribution >= 4 is 23.2 Å². The van der Waals surface area contributed by atoms with Gasteiger partial charge in [-0.3, -0.25) is 0 Å². The monoisotopic (exact) mass is 284 g/mol. The summed E-state index contributed by atoms with van der Waals surface area (Å²) in [5.41, 5.74) is -0.869. The van der Waals surface area contributed by atoms with Crippen LogP contribution in [0, 0.1) is 0 Å². The molecule has 19 heavy (non-hydrogen) atoms. The van der Waals surface area contributed by atoms with E-state index in [-0.39, 0.29) is 0 Å². The number of hydrogen-bond acceptors (Lipinski definition) is 6. The third-order valence-corrected chi connectivity index (χ3v) is 2.72. The summed E-state index contributed by atoms with van der Waals surface area (Å²) < 4.78 is 1.54. The van der Waals surface area contributed by atoms with Gasteiger partial charge >= 0.3 is 0 Å². The molecule has 0 amide bonds. The number of halogens is 1. The fourth-order valence-electron chi connectivity index (χ4n) is 1.93. The minimum atomic E-state index is -0.869. The van der Waals surface area contributed by atoms with Crippen LogP contribution in [0.1, 0.15) is 6.92 Å². The summed E-state index contributed by atoms with van der Waals surface area (Å²) in [7, 11) is 3.82. The SMILES string of the molecule is CN(C)CC(C)(O)CNc1cc(Cl)nc2ncnn12. The number of aromatic nitrogens is 4. The summed E-state index contributed by atoms with van der Waals surface area (Å²) in [6.45, 7) is 2.67. The van der Waals surface area contributed by atoms with Crippen LogP contribution in [0.5, 0.6) is 0 Å². The maximum absolute atomic E-state index is 10.2. The summed E-state index contributed by atoms with van der Waals surface area (Å²) in [5.74, 6) is 1.06. The molecular formula is C11H17ClN6O. The Hall–Kier alpha value is -1.44. The summed E-state index contributed by atoms with van der Waals surface area (Å²) >= 11 is 5.91. The molecule has 2 aromatic rings. The minimum Gasteiger partial charge on any atom is -0.387 e.